The molecule has 1 atom stereocenters. The van der Waals surface area contributed by atoms with E-state index in [1.54, 1.807) is 0 Å². The van der Waals surface area contributed by atoms with Crippen molar-refractivity contribution in [3.8, 4) is 0 Å². The van der Waals surface area contributed by atoms with Crippen LogP contribution in [0.1, 0.15) is 297 Å². The van der Waals surface area contributed by atoms with Crippen LogP contribution in [0.25, 0.3) is 0 Å². The van der Waals surface area contributed by atoms with Gasteiger partial charge in [-0.1, -0.05) is 259 Å². The van der Waals surface area contributed by atoms with Crippen LogP contribution in [0.4, 0.5) is 0 Å². The minimum atomic E-state index is -0.787. The van der Waals surface area contributed by atoms with Gasteiger partial charge in [-0.25, -0.2) is 0 Å². The van der Waals surface area contributed by atoms with Crippen LogP contribution in [-0.4, -0.2) is 37.2 Å². The Bertz CT molecular complexity index is 1460. The van der Waals surface area contributed by atoms with E-state index in [4.69, 9.17) is 14.2 Å². The fraction of sp³-hybridized carbons (Fsp3) is 0.721. The molecule has 74 heavy (non-hydrogen) atoms. The van der Waals surface area contributed by atoms with Crippen LogP contribution in [0.3, 0.4) is 0 Å². The molecule has 0 fully saturated rings. The Labute approximate surface area is 457 Å². The number of carbonyl (C=O) groups excluding carboxylic acids is 3. The lowest BCUT2D eigenvalue weighted by Crippen LogP contribution is -2.30. The van der Waals surface area contributed by atoms with Crippen LogP contribution in [0.2, 0.25) is 0 Å². The van der Waals surface area contributed by atoms with E-state index in [9.17, 15) is 14.4 Å². The van der Waals surface area contributed by atoms with Gasteiger partial charge in [0.05, 0.1) is 0 Å². The van der Waals surface area contributed by atoms with Crippen molar-refractivity contribution in [3.05, 3.63) is 97.2 Å². The predicted molar refractivity (Wildman–Crippen MR) is 320 cm³/mol. The van der Waals surface area contributed by atoms with E-state index in [-0.39, 0.29) is 31.1 Å². The fourth-order valence-electron chi connectivity index (χ4n) is 8.60. The minimum Gasteiger partial charge on any atom is -0.462 e. The third kappa shape index (κ3) is 59.2. The second kappa shape index (κ2) is 61.9. The van der Waals surface area contributed by atoms with Crippen LogP contribution in [0, 0.1) is 0 Å². The van der Waals surface area contributed by atoms with E-state index >= 15 is 0 Å². The van der Waals surface area contributed by atoms with E-state index in [2.05, 4.69) is 118 Å². The molecule has 6 heteroatoms. The summed E-state index contributed by atoms with van der Waals surface area (Å²) in [7, 11) is 0. The third-order valence-corrected chi connectivity index (χ3v) is 13.3. The van der Waals surface area contributed by atoms with Gasteiger partial charge in [0.1, 0.15) is 13.2 Å². The van der Waals surface area contributed by atoms with Crippen molar-refractivity contribution >= 4 is 17.9 Å². The summed E-state index contributed by atoms with van der Waals surface area (Å²) >= 11 is 0. The van der Waals surface area contributed by atoms with Crippen molar-refractivity contribution in [2.45, 2.75) is 303 Å². The highest BCUT2D eigenvalue weighted by molar-refractivity contribution is 5.71. The largest absolute Gasteiger partial charge is 0.462 e. The molecule has 0 radical (unpaired) electrons. The van der Waals surface area contributed by atoms with Crippen molar-refractivity contribution in [1.29, 1.82) is 0 Å². The van der Waals surface area contributed by atoms with Gasteiger partial charge in [0.25, 0.3) is 0 Å². The number of esters is 3. The lowest BCUT2D eigenvalue weighted by atomic mass is 10.1. The molecule has 0 amide bonds. The molecule has 0 rings (SSSR count). The Morgan fingerprint density at radius 3 is 0.878 bits per heavy atom. The molecule has 424 valence electrons. The molecule has 0 aromatic heterocycles. The first kappa shape index (κ1) is 70.3. The standard InChI is InChI=1S/C68H116O6/c1-4-7-10-13-16-19-22-24-26-28-30-31-32-33-34-35-36-37-38-40-41-43-46-49-52-55-58-61-67(70)73-64-65(63-72-66(69)60-57-54-51-48-45-21-18-15-12-9-6-3)74-68(71)62-59-56-53-50-47-44-42-39-29-27-25-23-20-17-14-11-8-5-2/h7,10,15-16,18-19,24,26-27,29-31,33-34,36-37,65H,4-6,8-9,11-14,17,20-23,25,28,32,35,38-64H2,1-3H3/b10-7-,18-15-,19-16-,26-24-,29-27-,31-30-,34-33-,37-36-. The zero-order chi connectivity index (χ0) is 53.6. The van der Waals surface area contributed by atoms with Crippen molar-refractivity contribution in [2.75, 3.05) is 13.2 Å². The van der Waals surface area contributed by atoms with Gasteiger partial charge >= 0.3 is 17.9 Å². The maximum Gasteiger partial charge on any atom is 0.306 e. The quantitative estimate of drug-likeness (QED) is 0.0261. The summed E-state index contributed by atoms with van der Waals surface area (Å²) in [6.07, 6.45) is 82.7. The number of allylic oxidation sites excluding steroid dienone is 16. The smallest absolute Gasteiger partial charge is 0.306 e. The molecule has 0 spiro atoms. The van der Waals surface area contributed by atoms with Gasteiger partial charge in [-0.05, 0) is 116 Å². The Balaban J connectivity index is 4.30. The van der Waals surface area contributed by atoms with Gasteiger partial charge in [0, 0.05) is 19.3 Å². The van der Waals surface area contributed by atoms with Crippen molar-refractivity contribution in [3.63, 3.8) is 0 Å². The molecule has 0 N–H and O–H groups in total. The normalized spacial score (nSPS) is 12.7. The van der Waals surface area contributed by atoms with Crippen molar-refractivity contribution in [2.24, 2.45) is 0 Å². The number of ether oxygens (including phenoxy) is 3. The summed E-state index contributed by atoms with van der Waals surface area (Å²) < 4.78 is 16.9. The first-order chi connectivity index (χ1) is 36.5. The zero-order valence-electron chi connectivity index (χ0n) is 48.6. The van der Waals surface area contributed by atoms with Gasteiger partial charge in [0.2, 0.25) is 0 Å². The SMILES string of the molecule is CC/C=C\C/C=C\C/C=C\C/C=C\C/C=C\C/C=C\CCCCCCCCCCC(=O)OCC(COC(=O)CCCCCCC/C=C\CCCC)OC(=O)CCCCCCCCC/C=C\CCCCCCCCC. The molecule has 0 aromatic rings. The average molecular weight is 1030 g/mol. The van der Waals surface area contributed by atoms with Gasteiger partial charge in [-0.2, -0.15) is 0 Å². The fourth-order valence-corrected chi connectivity index (χ4v) is 8.60. The Kier molecular flexibility index (Phi) is 58.8. The van der Waals surface area contributed by atoms with E-state index in [1.807, 2.05) is 0 Å². The van der Waals surface area contributed by atoms with Gasteiger partial charge in [0.15, 0.2) is 6.10 Å². The van der Waals surface area contributed by atoms with Crippen LogP contribution in [0.5, 0.6) is 0 Å². The van der Waals surface area contributed by atoms with Crippen LogP contribution >= 0.6 is 0 Å². The lowest BCUT2D eigenvalue weighted by molar-refractivity contribution is -0.167. The summed E-state index contributed by atoms with van der Waals surface area (Å²) in [6.45, 7) is 6.49. The molecule has 0 aliphatic heterocycles. The molecular formula is C68H116O6. The molecule has 0 heterocycles. The number of rotatable bonds is 56. The van der Waals surface area contributed by atoms with E-state index < -0.39 is 6.10 Å². The van der Waals surface area contributed by atoms with Gasteiger partial charge in [-0.3, -0.25) is 14.4 Å². The lowest BCUT2D eigenvalue weighted by Gasteiger charge is -2.18. The van der Waals surface area contributed by atoms with E-state index in [0.717, 1.165) is 109 Å². The Morgan fingerprint density at radius 2 is 0.541 bits per heavy atom. The molecule has 0 aliphatic rings. The van der Waals surface area contributed by atoms with E-state index in [0.29, 0.717) is 19.3 Å². The van der Waals surface area contributed by atoms with Crippen molar-refractivity contribution in [1.82, 2.24) is 0 Å². The molecule has 6 nitrogen and oxygen atoms in total. The second-order valence-electron chi connectivity index (χ2n) is 20.6. The summed E-state index contributed by atoms with van der Waals surface area (Å²) in [4.78, 5) is 38.2. The number of unbranched alkanes of at least 4 members (excludes halogenated alkanes) is 29. The van der Waals surface area contributed by atoms with Crippen LogP contribution < -0.4 is 0 Å². The maximum absolute atomic E-state index is 12.9. The second-order valence-corrected chi connectivity index (χ2v) is 20.6. The highest BCUT2D eigenvalue weighted by Crippen LogP contribution is 2.15. The van der Waals surface area contributed by atoms with Crippen LogP contribution in [-0.2, 0) is 28.6 Å². The zero-order valence-corrected chi connectivity index (χ0v) is 48.6. The molecular weight excluding hydrogens is 913 g/mol. The summed E-state index contributed by atoms with van der Waals surface area (Å²) in [5.74, 6) is -0.900. The first-order valence-corrected chi connectivity index (χ1v) is 31.2. The maximum atomic E-state index is 12.9. The summed E-state index contributed by atoms with van der Waals surface area (Å²) in [5, 5.41) is 0. The predicted octanol–water partition coefficient (Wildman–Crippen LogP) is 21.3. The molecule has 0 saturated heterocycles. The Hall–Kier alpha value is -3.67. The van der Waals surface area contributed by atoms with E-state index in [1.165, 1.54) is 148 Å². The third-order valence-electron chi connectivity index (χ3n) is 13.3. The summed E-state index contributed by atoms with van der Waals surface area (Å²) in [5.41, 5.74) is 0. The van der Waals surface area contributed by atoms with Gasteiger partial charge < -0.3 is 14.2 Å². The highest BCUT2D eigenvalue weighted by Gasteiger charge is 2.19. The monoisotopic (exact) mass is 1030 g/mol. The molecule has 0 bridgehead atoms. The topological polar surface area (TPSA) is 78.9 Å². The molecule has 0 saturated carbocycles. The summed E-state index contributed by atoms with van der Waals surface area (Å²) in [6, 6.07) is 0. The molecule has 1 unspecified atom stereocenters. The number of hydrogen-bond acceptors (Lipinski definition) is 6. The number of carbonyl (C=O) groups is 3. The average Bonchev–Trinajstić information content (AvgIpc) is 3.40. The first-order valence-electron chi connectivity index (χ1n) is 31.2. The molecule has 0 aromatic carbocycles. The highest BCUT2D eigenvalue weighted by atomic mass is 16.6. The van der Waals surface area contributed by atoms with Crippen molar-refractivity contribution < 1.29 is 28.6 Å². The van der Waals surface area contributed by atoms with Gasteiger partial charge in [-0.15, -0.1) is 0 Å². The Morgan fingerprint density at radius 1 is 0.284 bits per heavy atom. The number of hydrogen-bond donors (Lipinski definition) is 0. The minimum absolute atomic E-state index is 0.0854. The molecule has 0 aliphatic carbocycles. The van der Waals surface area contributed by atoms with Crippen LogP contribution in [0.15, 0.2) is 97.2 Å².